The first-order chi connectivity index (χ1) is 30.7. The molecule has 3 aliphatic heterocycles. The monoisotopic (exact) mass is 887 g/mol. The minimum Gasteiger partial charge on any atom is -0.381 e. The number of aromatic nitrogens is 7. The Bertz CT molecular complexity index is 3290. The Balaban J connectivity index is 1.05. The van der Waals surface area contributed by atoms with Crippen LogP contribution in [0.2, 0.25) is 0 Å². The molecule has 1 saturated heterocycles. The van der Waals surface area contributed by atoms with Crippen LogP contribution in [0.15, 0.2) is 81.1 Å². The summed E-state index contributed by atoms with van der Waals surface area (Å²) in [5.74, 6) is -0.208. The van der Waals surface area contributed by atoms with Crippen LogP contribution in [0.5, 0.6) is 0 Å². The first kappa shape index (κ1) is 40.3. The first-order valence-electron chi connectivity index (χ1n) is 21.7. The van der Waals surface area contributed by atoms with E-state index in [4.69, 9.17) is 14.4 Å². The Morgan fingerprint density at radius 1 is 0.938 bits per heavy atom. The van der Waals surface area contributed by atoms with Crippen molar-refractivity contribution in [2.45, 2.75) is 77.3 Å². The van der Waals surface area contributed by atoms with Gasteiger partial charge in [-0.3, -0.25) is 28.2 Å². The van der Waals surface area contributed by atoms with Crippen molar-refractivity contribution in [3.8, 4) is 17.2 Å². The second kappa shape index (κ2) is 14.5. The second-order valence-electron chi connectivity index (χ2n) is 17.8. The summed E-state index contributed by atoms with van der Waals surface area (Å²) < 4.78 is 59.9. The van der Waals surface area contributed by atoms with Gasteiger partial charge in [-0.2, -0.15) is 5.10 Å². The molecule has 2 N–H and O–H groups in total. The van der Waals surface area contributed by atoms with Crippen molar-refractivity contribution >= 4 is 32.5 Å². The van der Waals surface area contributed by atoms with Crippen molar-refractivity contribution in [1.82, 2.24) is 38.5 Å². The summed E-state index contributed by atoms with van der Waals surface area (Å²) in [5, 5.41) is 10.1. The van der Waals surface area contributed by atoms with Gasteiger partial charge in [0.15, 0.2) is 5.82 Å². The highest BCUT2D eigenvalue weighted by Crippen LogP contribution is 2.56. The van der Waals surface area contributed by atoms with E-state index < -0.39 is 33.0 Å². The number of anilines is 1. The normalized spacial score (nSPS) is 21.7. The number of aryl methyl sites for hydroxylation is 3. The van der Waals surface area contributed by atoms with Gasteiger partial charge in [0, 0.05) is 55.0 Å². The molecule has 330 valence electrons. The summed E-state index contributed by atoms with van der Waals surface area (Å²) in [5.41, 5.74) is 5.52. The Labute approximate surface area is 366 Å². The number of hydrogen-bond acceptors (Lipinski definition) is 9. The molecule has 0 bridgehead atoms. The molecule has 0 radical (unpaired) electrons. The molecule has 11 rings (SSSR count). The van der Waals surface area contributed by atoms with E-state index in [1.165, 1.54) is 14.7 Å². The maximum Gasteiger partial charge on any atom is 0.438 e. The highest BCUT2D eigenvalue weighted by molar-refractivity contribution is 7.92. The third-order valence-corrected chi connectivity index (χ3v) is 15.2. The van der Waals surface area contributed by atoms with Crippen LogP contribution < -0.4 is 16.2 Å². The number of fused-ring (bicyclic) bond motifs is 3. The van der Waals surface area contributed by atoms with Gasteiger partial charge in [-0.25, -0.2) is 27.1 Å². The van der Waals surface area contributed by atoms with E-state index in [9.17, 15) is 18.0 Å². The van der Waals surface area contributed by atoms with Crippen molar-refractivity contribution in [2.75, 3.05) is 30.2 Å². The number of benzene rings is 3. The number of hydrogen-bond donors (Lipinski definition) is 2. The predicted molar refractivity (Wildman–Crippen MR) is 235 cm³/mol. The van der Waals surface area contributed by atoms with E-state index in [0.717, 1.165) is 29.3 Å². The molecule has 4 aromatic heterocycles. The molecule has 16 nitrogen and oxygen atoms in total. The number of imidazole rings is 1. The van der Waals surface area contributed by atoms with Crippen LogP contribution in [0.4, 0.5) is 10.1 Å². The summed E-state index contributed by atoms with van der Waals surface area (Å²) >= 11 is 0. The number of rotatable bonds is 7. The Kier molecular flexibility index (Phi) is 9.12. The van der Waals surface area contributed by atoms with Gasteiger partial charge in [-0.05, 0) is 123 Å². The number of ether oxygens (including phenoxy) is 1. The zero-order valence-corrected chi connectivity index (χ0v) is 36.5. The van der Waals surface area contributed by atoms with Crippen molar-refractivity contribution in [2.24, 2.45) is 5.92 Å². The van der Waals surface area contributed by atoms with Crippen molar-refractivity contribution < 1.29 is 26.9 Å². The minimum absolute atomic E-state index is 0.00891. The lowest BCUT2D eigenvalue weighted by molar-refractivity contribution is 0.0663. The fraction of sp³-hybridized carbons (Fsp3) is 0.370. The third kappa shape index (κ3) is 6.23. The maximum atomic E-state index is 15.5. The van der Waals surface area contributed by atoms with E-state index >= 15 is 9.18 Å². The maximum absolute atomic E-state index is 15.5. The predicted octanol–water partition coefficient (Wildman–Crippen LogP) is 5.94. The molecule has 64 heavy (non-hydrogen) atoms. The van der Waals surface area contributed by atoms with Crippen LogP contribution in [0.25, 0.3) is 28.1 Å². The number of aromatic amines is 1. The molecule has 4 aliphatic rings. The smallest absolute Gasteiger partial charge is 0.381 e. The standard InChI is InChI=1S/C46H46FN9O7S/c1-25-19-34(20-26(2)40(25)47)56-41(54-15-14-53(45(54)59)33-7-5-30-12-18-64(60,61)51-36(30)23-33)39-28(4)52(13-9-35(39)49-56)42(57)38-22-32-21-31(29-10-16-62-17-11-29)6-8-37(32)55(38)46(24-27(46)3)43-48-44(58)63-50-43/h5-8,14-15,19-23,27-29,51H,9-13,16-18,24H2,1-4H3,(H,48,50,58)/t27-,28-,46-/m0/s1. The lowest BCUT2D eigenvalue weighted by atomic mass is 9.91. The van der Waals surface area contributed by atoms with E-state index in [1.54, 1.807) is 60.1 Å². The van der Waals surface area contributed by atoms with Gasteiger partial charge in [0.1, 0.15) is 22.9 Å². The van der Waals surface area contributed by atoms with Crippen LogP contribution in [0.3, 0.4) is 0 Å². The first-order valence-corrected chi connectivity index (χ1v) is 23.3. The Hall–Kier alpha value is -6.53. The second-order valence-corrected chi connectivity index (χ2v) is 19.6. The molecule has 0 unspecified atom stereocenters. The van der Waals surface area contributed by atoms with Gasteiger partial charge in [-0.1, -0.05) is 24.2 Å². The van der Waals surface area contributed by atoms with Gasteiger partial charge in [-0.15, -0.1) is 0 Å². The SMILES string of the molecule is Cc1cc(-n2nc3c(c2-n2ccn(-c4ccc5c(c4)NS(=O)(=O)CC5)c2=O)[C@H](C)N(C(=O)c2cc4cc(C5CCOCC5)ccc4n2[C@@]2(c4noc(=O)[nH]4)C[C@@H]2C)CC3)cc(C)c1F. The number of nitrogens with zero attached hydrogens (tertiary/aromatic N) is 7. The summed E-state index contributed by atoms with van der Waals surface area (Å²) in [7, 11) is -3.51. The molecule has 1 saturated carbocycles. The highest BCUT2D eigenvalue weighted by Gasteiger charge is 2.59. The number of H-pyrrole nitrogens is 1. The molecule has 2 fully saturated rings. The van der Waals surface area contributed by atoms with E-state index in [1.807, 2.05) is 23.6 Å². The van der Waals surface area contributed by atoms with Gasteiger partial charge in [0.2, 0.25) is 10.0 Å². The molecule has 1 amide bonds. The van der Waals surface area contributed by atoms with Crippen LogP contribution in [-0.4, -0.2) is 78.4 Å². The number of nitrogens with one attached hydrogen (secondary N) is 2. The van der Waals surface area contributed by atoms with E-state index in [0.29, 0.717) is 102 Å². The van der Waals surface area contributed by atoms with Crippen LogP contribution in [-0.2, 0) is 33.1 Å². The highest BCUT2D eigenvalue weighted by atomic mass is 32.2. The largest absolute Gasteiger partial charge is 0.438 e. The van der Waals surface area contributed by atoms with Crippen molar-refractivity contribution in [3.05, 3.63) is 139 Å². The molecular formula is C46H46FN9O7S. The average molecular weight is 888 g/mol. The molecule has 3 atom stereocenters. The third-order valence-electron chi connectivity index (χ3n) is 13.9. The lowest BCUT2D eigenvalue weighted by Gasteiger charge is -2.34. The van der Waals surface area contributed by atoms with Gasteiger partial charge < -0.3 is 14.2 Å². The Morgan fingerprint density at radius 3 is 2.41 bits per heavy atom. The van der Waals surface area contributed by atoms with E-state index in [2.05, 4.69) is 40.0 Å². The van der Waals surface area contributed by atoms with Gasteiger partial charge in [0.25, 0.3) is 5.91 Å². The fourth-order valence-corrected chi connectivity index (χ4v) is 11.6. The lowest BCUT2D eigenvalue weighted by Crippen LogP contribution is -2.41. The number of carbonyl (C=O) groups excluding carboxylic acids is 1. The zero-order chi connectivity index (χ0) is 44.4. The van der Waals surface area contributed by atoms with Crippen LogP contribution in [0.1, 0.15) is 94.9 Å². The summed E-state index contributed by atoms with van der Waals surface area (Å²) in [6.07, 6.45) is 6.37. The van der Waals surface area contributed by atoms with Gasteiger partial charge in [0.05, 0.1) is 34.6 Å². The Morgan fingerprint density at radius 2 is 1.69 bits per heavy atom. The van der Waals surface area contributed by atoms with E-state index in [-0.39, 0.29) is 23.4 Å². The summed E-state index contributed by atoms with van der Waals surface area (Å²) in [6, 6.07) is 16.3. The molecule has 0 spiro atoms. The topological polar surface area (TPSA) is 184 Å². The van der Waals surface area contributed by atoms with Crippen molar-refractivity contribution in [3.63, 3.8) is 0 Å². The molecule has 7 heterocycles. The van der Waals surface area contributed by atoms with Crippen LogP contribution in [0, 0.1) is 25.6 Å². The fourth-order valence-electron chi connectivity index (χ4n) is 10.4. The quantitative estimate of drug-likeness (QED) is 0.196. The number of carbonyl (C=O) groups is 1. The summed E-state index contributed by atoms with van der Waals surface area (Å²) in [4.78, 5) is 47.1. The molecular weight excluding hydrogens is 842 g/mol. The number of sulfonamides is 1. The molecule has 7 aromatic rings. The van der Waals surface area contributed by atoms with Crippen LogP contribution >= 0.6 is 0 Å². The van der Waals surface area contributed by atoms with Gasteiger partial charge >= 0.3 is 11.4 Å². The number of amides is 1. The molecule has 1 aliphatic carbocycles. The average Bonchev–Trinajstić information content (AvgIpc) is 3.77. The molecule has 3 aromatic carbocycles. The molecule has 18 heteroatoms. The minimum atomic E-state index is -3.51. The van der Waals surface area contributed by atoms with Crippen molar-refractivity contribution in [1.29, 1.82) is 0 Å². The zero-order valence-electron chi connectivity index (χ0n) is 35.7. The number of halogens is 1. The summed E-state index contributed by atoms with van der Waals surface area (Å²) in [6.45, 7) is 9.03.